The number of halogens is 1. The third kappa shape index (κ3) is 11.0. The third-order valence-corrected chi connectivity index (χ3v) is 3.57. The highest BCUT2D eigenvalue weighted by Crippen LogP contribution is 2.23. The number of ether oxygens (including phenoxy) is 1. The lowest BCUT2D eigenvalue weighted by Crippen LogP contribution is -2.12. The maximum Gasteiger partial charge on any atom is 0.306 e. The van der Waals surface area contributed by atoms with E-state index in [1.165, 1.54) is 38.5 Å². The van der Waals surface area contributed by atoms with Gasteiger partial charge >= 0.3 is 5.97 Å². The highest BCUT2D eigenvalue weighted by molar-refractivity contribution is 5.70. The van der Waals surface area contributed by atoms with Crippen molar-refractivity contribution < 1.29 is 13.9 Å². The van der Waals surface area contributed by atoms with E-state index >= 15 is 0 Å². The topological polar surface area (TPSA) is 26.3 Å². The van der Waals surface area contributed by atoms with Gasteiger partial charge in [0.2, 0.25) is 0 Å². The Labute approximate surface area is 123 Å². The van der Waals surface area contributed by atoms with Crippen molar-refractivity contribution in [1.29, 1.82) is 0 Å². The Morgan fingerprint density at radius 3 is 2.10 bits per heavy atom. The summed E-state index contributed by atoms with van der Waals surface area (Å²) in [4.78, 5) is 11.4. The first-order valence-corrected chi connectivity index (χ1v) is 8.11. The fraction of sp³-hybridized carbons (Fsp3) is 0.824. The van der Waals surface area contributed by atoms with Crippen LogP contribution in [0.1, 0.15) is 78.1 Å². The van der Waals surface area contributed by atoms with Crippen LogP contribution in [-0.2, 0) is 9.53 Å². The summed E-state index contributed by atoms with van der Waals surface area (Å²) in [5.74, 6) is -1.08. The first-order chi connectivity index (χ1) is 9.61. The van der Waals surface area contributed by atoms with E-state index in [-0.39, 0.29) is 24.1 Å². The number of carbonyl (C=O) groups is 1. The number of hydrogen-bond donors (Lipinski definition) is 0. The number of carbonyl (C=O) groups excluding carboxylic acids is 1. The van der Waals surface area contributed by atoms with Gasteiger partial charge in [0, 0.05) is 5.92 Å². The van der Waals surface area contributed by atoms with Gasteiger partial charge in [-0.3, -0.25) is 4.79 Å². The zero-order valence-electron chi connectivity index (χ0n) is 13.3. The van der Waals surface area contributed by atoms with Crippen molar-refractivity contribution in [3.8, 4) is 0 Å². The van der Waals surface area contributed by atoms with Crippen LogP contribution in [0.5, 0.6) is 0 Å². The van der Waals surface area contributed by atoms with Gasteiger partial charge in [0.05, 0.1) is 18.9 Å². The summed E-state index contributed by atoms with van der Waals surface area (Å²) >= 11 is 0. The van der Waals surface area contributed by atoms with Gasteiger partial charge in [-0.2, -0.15) is 0 Å². The van der Waals surface area contributed by atoms with Crippen LogP contribution in [-0.4, -0.2) is 12.6 Å². The van der Waals surface area contributed by atoms with Gasteiger partial charge in [-0.05, 0) is 13.3 Å². The second-order valence-corrected chi connectivity index (χ2v) is 5.42. The molecule has 0 radical (unpaired) electrons. The van der Waals surface area contributed by atoms with Gasteiger partial charge in [-0.25, -0.2) is 4.39 Å². The normalized spacial score (nSPS) is 12.2. The summed E-state index contributed by atoms with van der Waals surface area (Å²) in [6.07, 6.45) is 10.6. The number of unbranched alkanes of at least 4 members (excludes halogenated alkanes) is 7. The molecule has 20 heavy (non-hydrogen) atoms. The van der Waals surface area contributed by atoms with Crippen LogP contribution < -0.4 is 0 Å². The first-order valence-electron chi connectivity index (χ1n) is 8.11. The number of allylic oxidation sites excluding steroid dienone is 1. The molecule has 0 fully saturated rings. The number of rotatable bonds is 13. The molecule has 0 saturated carbocycles. The lowest BCUT2D eigenvalue weighted by atomic mass is 9.96. The Balaban J connectivity index is 3.66. The Bertz CT molecular complexity index is 264. The van der Waals surface area contributed by atoms with E-state index in [1.54, 1.807) is 6.92 Å². The molecule has 0 N–H and O–H groups in total. The average Bonchev–Trinajstić information content (AvgIpc) is 2.40. The molecule has 1 atom stereocenters. The van der Waals surface area contributed by atoms with Gasteiger partial charge in [0.15, 0.2) is 0 Å². The minimum Gasteiger partial charge on any atom is -0.466 e. The van der Waals surface area contributed by atoms with Crippen molar-refractivity contribution in [3.63, 3.8) is 0 Å². The smallest absolute Gasteiger partial charge is 0.306 e. The summed E-state index contributed by atoms with van der Waals surface area (Å²) < 4.78 is 18.1. The predicted octanol–water partition coefficient (Wildman–Crippen LogP) is 5.57. The number of esters is 1. The fourth-order valence-electron chi connectivity index (χ4n) is 2.32. The molecule has 0 aromatic carbocycles. The Kier molecular flexibility index (Phi) is 12.6. The van der Waals surface area contributed by atoms with Gasteiger partial charge in [-0.15, -0.1) is 0 Å². The average molecular weight is 286 g/mol. The highest BCUT2D eigenvalue weighted by atomic mass is 19.1. The van der Waals surface area contributed by atoms with E-state index in [0.29, 0.717) is 13.0 Å². The largest absolute Gasteiger partial charge is 0.466 e. The summed E-state index contributed by atoms with van der Waals surface area (Å²) in [6, 6.07) is 0. The van der Waals surface area contributed by atoms with Crippen LogP contribution >= 0.6 is 0 Å². The van der Waals surface area contributed by atoms with Crippen molar-refractivity contribution >= 4 is 5.97 Å². The quantitative estimate of drug-likeness (QED) is 0.327. The molecule has 0 aromatic heterocycles. The molecule has 0 rings (SSSR count). The Morgan fingerprint density at radius 1 is 1.05 bits per heavy atom. The molecule has 0 heterocycles. The Morgan fingerprint density at radius 2 is 1.60 bits per heavy atom. The van der Waals surface area contributed by atoms with Crippen molar-refractivity contribution in [3.05, 3.63) is 12.4 Å². The molecule has 0 aliphatic rings. The van der Waals surface area contributed by atoms with Crippen molar-refractivity contribution in [2.24, 2.45) is 5.92 Å². The minimum atomic E-state index is -0.388. The highest BCUT2D eigenvalue weighted by Gasteiger charge is 2.17. The molecule has 118 valence electrons. The second-order valence-electron chi connectivity index (χ2n) is 5.42. The van der Waals surface area contributed by atoms with Crippen LogP contribution in [0, 0.1) is 5.92 Å². The summed E-state index contributed by atoms with van der Waals surface area (Å²) in [5, 5.41) is 0. The molecule has 0 bridgehead atoms. The molecule has 0 aliphatic carbocycles. The zero-order valence-corrected chi connectivity index (χ0v) is 13.3. The predicted molar refractivity (Wildman–Crippen MR) is 82.2 cm³/mol. The molecular weight excluding hydrogens is 255 g/mol. The molecule has 0 spiro atoms. The van der Waals surface area contributed by atoms with Crippen molar-refractivity contribution in [2.75, 3.05) is 6.61 Å². The molecule has 1 unspecified atom stereocenters. The first kappa shape index (κ1) is 19.1. The monoisotopic (exact) mass is 286 g/mol. The molecule has 0 saturated heterocycles. The van der Waals surface area contributed by atoms with E-state index in [0.717, 1.165) is 12.8 Å². The standard InChI is InChI=1S/C17H31FO2/c1-4-6-7-8-9-10-11-12-13-16(15(3)18)14-17(19)20-5-2/h16H,3-14H2,1-2H3. The molecule has 0 amide bonds. The van der Waals surface area contributed by atoms with Crippen molar-refractivity contribution in [2.45, 2.75) is 78.1 Å². The van der Waals surface area contributed by atoms with Crippen LogP contribution in [0.4, 0.5) is 4.39 Å². The van der Waals surface area contributed by atoms with Gasteiger partial charge in [-0.1, -0.05) is 64.9 Å². The minimum absolute atomic E-state index is 0.125. The summed E-state index contributed by atoms with van der Waals surface area (Å²) in [7, 11) is 0. The zero-order chi connectivity index (χ0) is 15.2. The second kappa shape index (κ2) is 13.1. The molecule has 2 nitrogen and oxygen atoms in total. The van der Waals surface area contributed by atoms with Gasteiger partial charge in [0.1, 0.15) is 0 Å². The van der Waals surface area contributed by atoms with Crippen LogP contribution in [0.3, 0.4) is 0 Å². The molecular formula is C17H31FO2. The third-order valence-electron chi connectivity index (χ3n) is 3.57. The summed E-state index contributed by atoms with van der Waals surface area (Å²) in [6.45, 7) is 7.67. The van der Waals surface area contributed by atoms with Crippen LogP contribution in [0.2, 0.25) is 0 Å². The van der Waals surface area contributed by atoms with Gasteiger partial charge < -0.3 is 4.74 Å². The maximum atomic E-state index is 13.3. The number of hydrogen-bond acceptors (Lipinski definition) is 2. The van der Waals surface area contributed by atoms with E-state index in [4.69, 9.17) is 4.74 Å². The molecule has 0 aliphatic heterocycles. The van der Waals surface area contributed by atoms with Crippen LogP contribution in [0.25, 0.3) is 0 Å². The van der Waals surface area contributed by atoms with Crippen molar-refractivity contribution in [1.82, 2.24) is 0 Å². The van der Waals surface area contributed by atoms with E-state index in [2.05, 4.69) is 13.5 Å². The maximum absolute atomic E-state index is 13.3. The Hall–Kier alpha value is -0.860. The summed E-state index contributed by atoms with van der Waals surface area (Å²) in [5.41, 5.74) is 0. The van der Waals surface area contributed by atoms with E-state index < -0.39 is 0 Å². The molecule has 0 aromatic rings. The lowest BCUT2D eigenvalue weighted by molar-refractivity contribution is -0.144. The van der Waals surface area contributed by atoms with E-state index in [1.807, 2.05) is 0 Å². The fourth-order valence-corrected chi connectivity index (χ4v) is 2.32. The molecule has 3 heteroatoms. The SMILES string of the molecule is C=C(F)C(CCCCCCCCCC)CC(=O)OCC. The van der Waals surface area contributed by atoms with E-state index in [9.17, 15) is 9.18 Å². The van der Waals surface area contributed by atoms with Gasteiger partial charge in [0.25, 0.3) is 0 Å². The lowest BCUT2D eigenvalue weighted by Gasteiger charge is -2.13. The van der Waals surface area contributed by atoms with Crippen LogP contribution in [0.15, 0.2) is 12.4 Å².